The minimum atomic E-state index is 0.115. The van der Waals surface area contributed by atoms with Crippen molar-refractivity contribution in [2.75, 3.05) is 36.0 Å². The van der Waals surface area contributed by atoms with E-state index in [1.165, 1.54) is 0 Å². The predicted octanol–water partition coefficient (Wildman–Crippen LogP) is 2.87. The van der Waals surface area contributed by atoms with Crippen molar-refractivity contribution in [2.45, 2.75) is 20.0 Å². The number of rotatable bonds is 5. The number of benzene rings is 1. The number of fused-ring (bicyclic) bond motifs is 1. The molecule has 0 atom stereocenters. The first-order valence-electron chi connectivity index (χ1n) is 10.5. The number of nitrogens with one attached hydrogen (secondary N) is 1. The second kappa shape index (κ2) is 7.90. The number of ether oxygens (including phenoxy) is 1. The second-order valence-corrected chi connectivity index (χ2v) is 8.05. The Hall–Kier alpha value is -3.62. The molecular weight excluding hydrogens is 392 g/mol. The molecule has 0 saturated carbocycles. The molecule has 0 unspecified atom stereocenters. The Morgan fingerprint density at radius 1 is 1.03 bits per heavy atom. The highest BCUT2D eigenvalue weighted by atomic mass is 16.5. The van der Waals surface area contributed by atoms with E-state index in [2.05, 4.69) is 41.3 Å². The van der Waals surface area contributed by atoms with Gasteiger partial charge in [0.05, 0.1) is 29.2 Å². The van der Waals surface area contributed by atoms with E-state index in [-0.39, 0.29) is 6.10 Å². The molecule has 0 spiro atoms. The number of hydrogen-bond donors (Lipinski definition) is 1. The van der Waals surface area contributed by atoms with E-state index in [0.29, 0.717) is 0 Å². The SMILES string of the molecule is CC(C)Oc1ccc2[nH]nc(-c3cc(N4CCN(c5cnn(C)c5)CC4)ncn3)c2c1. The van der Waals surface area contributed by atoms with Gasteiger partial charge in [0.15, 0.2) is 0 Å². The highest BCUT2D eigenvalue weighted by Gasteiger charge is 2.20. The van der Waals surface area contributed by atoms with E-state index in [4.69, 9.17) is 4.74 Å². The van der Waals surface area contributed by atoms with E-state index < -0.39 is 0 Å². The summed E-state index contributed by atoms with van der Waals surface area (Å²) in [5, 5.41) is 12.9. The van der Waals surface area contributed by atoms with Crippen LogP contribution in [0.5, 0.6) is 5.75 Å². The molecule has 9 heteroatoms. The van der Waals surface area contributed by atoms with Crippen molar-refractivity contribution in [1.29, 1.82) is 0 Å². The Kier molecular flexibility index (Phi) is 4.93. The predicted molar refractivity (Wildman–Crippen MR) is 121 cm³/mol. The lowest BCUT2D eigenvalue weighted by molar-refractivity contribution is 0.243. The van der Waals surface area contributed by atoms with Crippen LogP contribution in [0.4, 0.5) is 11.5 Å². The summed E-state index contributed by atoms with van der Waals surface area (Å²) in [5.74, 6) is 1.74. The molecule has 31 heavy (non-hydrogen) atoms. The Labute approximate surface area is 180 Å². The number of piperazine rings is 1. The number of anilines is 2. The van der Waals surface area contributed by atoms with Crippen molar-refractivity contribution in [2.24, 2.45) is 7.05 Å². The van der Waals surface area contributed by atoms with Gasteiger partial charge in [-0.05, 0) is 32.0 Å². The highest BCUT2D eigenvalue weighted by Crippen LogP contribution is 2.30. The second-order valence-electron chi connectivity index (χ2n) is 8.05. The number of H-pyrrole nitrogens is 1. The topological polar surface area (TPSA) is 88.0 Å². The molecule has 1 aromatic carbocycles. The maximum absolute atomic E-state index is 5.86. The fourth-order valence-corrected chi connectivity index (χ4v) is 3.95. The van der Waals surface area contributed by atoms with Gasteiger partial charge in [-0.2, -0.15) is 10.2 Å². The van der Waals surface area contributed by atoms with E-state index >= 15 is 0 Å². The maximum Gasteiger partial charge on any atom is 0.132 e. The number of aromatic nitrogens is 6. The lowest BCUT2D eigenvalue weighted by atomic mass is 10.1. The monoisotopic (exact) mass is 418 g/mol. The first kappa shape index (κ1) is 19.3. The van der Waals surface area contributed by atoms with Crippen molar-refractivity contribution in [1.82, 2.24) is 29.9 Å². The minimum absolute atomic E-state index is 0.115. The molecule has 1 aliphatic rings. The van der Waals surface area contributed by atoms with Crippen LogP contribution in [0.3, 0.4) is 0 Å². The summed E-state index contributed by atoms with van der Waals surface area (Å²) in [4.78, 5) is 13.7. The molecule has 0 aliphatic carbocycles. The number of aromatic amines is 1. The van der Waals surface area contributed by atoms with Crippen LogP contribution in [0.1, 0.15) is 13.8 Å². The van der Waals surface area contributed by atoms with Crippen LogP contribution in [0.15, 0.2) is 43.0 Å². The first-order valence-corrected chi connectivity index (χ1v) is 10.5. The van der Waals surface area contributed by atoms with E-state index in [1.54, 1.807) is 6.33 Å². The summed E-state index contributed by atoms with van der Waals surface area (Å²) in [6.07, 6.45) is 5.70. The standard InChI is InChI=1S/C22H26N8O/c1-15(2)31-17-4-5-19-18(10-17)22(27-26-19)20-11-21(24-14-23-20)30-8-6-29(7-9-30)16-12-25-28(3)13-16/h4-5,10-15H,6-9H2,1-3H3,(H,26,27). The Balaban J connectivity index is 1.37. The smallest absolute Gasteiger partial charge is 0.132 e. The lowest BCUT2D eigenvalue weighted by Gasteiger charge is -2.36. The average molecular weight is 419 g/mol. The number of nitrogens with zero attached hydrogens (tertiary/aromatic N) is 7. The molecule has 1 N–H and O–H groups in total. The molecule has 9 nitrogen and oxygen atoms in total. The van der Waals surface area contributed by atoms with Crippen LogP contribution < -0.4 is 14.5 Å². The van der Waals surface area contributed by atoms with Gasteiger partial charge in [0.2, 0.25) is 0 Å². The summed E-state index contributed by atoms with van der Waals surface area (Å²) >= 11 is 0. The highest BCUT2D eigenvalue weighted by molar-refractivity contribution is 5.93. The minimum Gasteiger partial charge on any atom is -0.491 e. The van der Waals surface area contributed by atoms with Gasteiger partial charge in [-0.25, -0.2) is 9.97 Å². The van der Waals surface area contributed by atoms with Crippen LogP contribution >= 0.6 is 0 Å². The van der Waals surface area contributed by atoms with Crippen molar-refractivity contribution in [3.8, 4) is 17.1 Å². The van der Waals surface area contributed by atoms with Gasteiger partial charge >= 0.3 is 0 Å². The molecule has 0 radical (unpaired) electrons. The zero-order valence-corrected chi connectivity index (χ0v) is 18.0. The first-order chi connectivity index (χ1) is 15.1. The van der Waals surface area contributed by atoms with Gasteiger partial charge < -0.3 is 14.5 Å². The van der Waals surface area contributed by atoms with Gasteiger partial charge in [-0.1, -0.05) is 0 Å². The Morgan fingerprint density at radius 2 is 1.84 bits per heavy atom. The van der Waals surface area contributed by atoms with E-state index in [9.17, 15) is 0 Å². The summed E-state index contributed by atoms with van der Waals surface area (Å²) in [5.41, 5.74) is 3.72. The summed E-state index contributed by atoms with van der Waals surface area (Å²) < 4.78 is 7.69. The van der Waals surface area contributed by atoms with Crippen molar-refractivity contribution in [3.63, 3.8) is 0 Å². The largest absolute Gasteiger partial charge is 0.491 e. The van der Waals surface area contributed by atoms with Crippen molar-refractivity contribution >= 4 is 22.4 Å². The van der Waals surface area contributed by atoms with Crippen molar-refractivity contribution in [3.05, 3.63) is 43.0 Å². The molecule has 0 bridgehead atoms. The fraction of sp³-hybridized carbons (Fsp3) is 0.364. The summed E-state index contributed by atoms with van der Waals surface area (Å²) in [6.45, 7) is 7.66. The molecule has 4 aromatic rings. The quantitative estimate of drug-likeness (QED) is 0.533. The number of aryl methyl sites for hydroxylation is 1. The van der Waals surface area contributed by atoms with Crippen LogP contribution in [0.25, 0.3) is 22.3 Å². The summed E-state index contributed by atoms with van der Waals surface area (Å²) in [7, 11) is 1.94. The molecule has 3 aromatic heterocycles. The van der Waals surface area contributed by atoms with E-state index in [0.717, 1.165) is 65.7 Å². The van der Waals surface area contributed by atoms with Crippen LogP contribution in [0, 0.1) is 0 Å². The third-order valence-corrected chi connectivity index (χ3v) is 5.46. The number of hydrogen-bond acceptors (Lipinski definition) is 7. The Morgan fingerprint density at radius 3 is 2.58 bits per heavy atom. The fourth-order valence-electron chi connectivity index (χ4n) is 3.95. The molecule has 1 saturated heterocycles. The van der Waals surface area contributed by atoms with Crippen LogP contribution in [-0.4, -0.2) is 62.2 Å². The molecule has 1 fully saturated rings. The van der Waals surface area contributed by atoms with Gasteiger partial charge in [0, 0.05) is 50.9 Å². The van der Waals surface area contributed by atoms with Crippen molar-refractivity contribution < 1.29 is 4.74 Å². The molecule has 0 amide bonds. The molecule has 5 rings (SSSR count). The van der Waals surface area contributed by atoms with Crippen LogP contribution in [0.2, 0.25) is 0 Å². The zero-order valence-electron chi connectivity index (χ0n) is 18.0. The Bertz CT molecular complexity index is 1190. The molecule has 160 valence electrons. The van der Waals surface area contributed by atoms with E-state index in [1.807, 2.05) is 56.0 Å². The van der Waals surface area contributed by atoms with Crippen LogP contribution in [-0.2, 0) is 7.05 Å². The summed E-state index contributed by atoms with van der Waals surface area (Å²) in [6, 6.07) is 7.98. The third kappa shape index (κ3) is 3.90. The van der Waals surface area contributed by atoms with Gasteiger partial charge in [0.1, 0.15) is 23.6 Å². The molecular formula is C22H26N8O. The third-order valence-electron chi connectivity index (χ3n) is 5.46. The lowest BCUT2D eigenvalue weighted by Crippen LogP contribution is -2.46. The average Bonchev–Trinajstić information content (AvgIpc) is 3.39. The maximum atomic E-state index is 5.86. The van der Waals surface area contributed by atoms with Gasteiger partial charge in [-0.15, -0.1) is 0 Å². The van der Waals surface area contributed by atoms with Gasteiger partial charge in [0.25, 0.3) is 0 Å². The molecule has 4 heterocycles. The zero-order chi connectivity index (χ0) is 21.4. The van der Waals surface area contributed by atoms with Gasteiger partial charge in [-0.3, -0.25) is 9.78 Å². The molecule has 1 aliphatic heterocycles. The normalized spacial score (nSPS) is 14.6.